The lowest BCUT2D eigenvalue weighted by Gasteiger charge is -2.16. The Morgan fingerprint density at radius 3 is 2.35 bits per heavy atom. The van der Waals surface area contributed by atoms with Gasteiger partial charge in [-0.05, 0) is 29.9 Å². The minimum Gasteiger partial charge on any atom is -0.481 e. The Labute approximate surface area is 182 Å². The van der Waals surface area contributed by atoms with Gasteiger partial charge in [0, 0.05) is 0 Å². The molecule has 0 fully saturated rings. The molecule has 0 saturated heterocycles. The molecule has 0 atom stereocenters. The van der Waals surface area contributed by atoms with E-state index in [1.54, 1.807) is 6.26 Å². The molecule has 0 bridgehead atoms. The fourth-order valence-corrected chi connectivity index (χ4v) is 3.67. The predicted octanol–water partition coefficient (Wildman–Crippen LogP) is 5.30. The first kappa shape index (κ1) is 22.7. The van der Waals surface area contributed by atoms with E-state index in [2.05, 4.69) is 47.9 Å². The maximum absolute atomic E-state index is 11.0. The first-order chi connectivity index (χ1) is 14.9. The van der Waals surface area contributed by atoms with Crippen LogP contribution in [-0.2, 0) is 17.6 Å². The summed E-state index contributed by atoms with van der Waals surface area (Å²) < 4.78 is 11.2. The molecule has 0 amide bonds. The second kappa shape index (κ2) is 10.3. The van der Waals surface area contributed by atoms with Gasteiger partial charge in [-0.15, -0.1) is 10.2 Å². The highest BCUT2D eigenvalue weighted by atomic mass is 16.4. The third-order valence-corrected chi connectivity index (χ3v) is 5.19. The number of carboxylic acids is 1. The number of oxazole rings is 2. The van der Waals surface area contributed by atoms with Crippen molar-refractivity contribution in [2.75, 3.05) is 0 Å². The normalized spacial score (nSPS) is 11.5. The lowest BCUT2D eigenvalue weighted by atomic mass is 9.90. The second-order valence-electron chi connectivity index (χ2n) is 8.20. The molecule has 0 spiro atoms. The van der Waals surface area contributed by atoms with E-state index < -0.39 is 5.97 Å². The van der Waals surface area contributed by atoms with E-state index in [9.17, 15) is 4.79 Å². The van der Waals surface area contributed by atoms with E-state index in [1.807, 2.05) is 6.07 Å². The number of aromatic nitrogens is 4. The third-order valence-electron chi connectivity index (χ3n) is 5.19. The molecule has 3 rings (SSSR count). The zero-order chi connectivity index (χ0) is 22.4. The standard InChI is InChI=1S/C23H30N4O4/c1-5-7-15(8-6-2)9-16-10-18(22-25-19(13-31-22)14(3)4)26-27-21(16)23-24-17(12-30-23)11-20(28)29/h10,12-15H,5-9,11H2,1-4H3,(H,28,29). The Kier molecular flexibility index (Phi) is 7.55. The van der Waals surface area contributed by atoms with Crippen molar-refractivity contribution in [3.05, 3.63) is 35.5 Å². The van der Waals surface area contributed by atoms with Gasteiger partial charge in [-0.2, -0.15) is 0 Å². The van der Waals surface area contributed by atoms with Crippen LogP contribution in [0.15, 0.2) is 27.4 Å². The first-order valence-corrected chi connectivity index (χ1v) is 10.9. The lowest BCUT2D eigenvalue weighted by molar-refractivity contribution is -0.136. The lowest BCUT2D eigenvalue weighted by Crippen LogP contribution is -2.08. The van der Waals surface area contributed by atoms with Crippen molar-refractivity contribution in [3.8, 4) is 23.2 Å². The molecule has 8 nitrogen and oxygen atoms in total. The summed E-state index contributed by atoms with van der Waals surface area (Å²) in [7, 11) is 0. The third kappa shape index (κ3) is 5.77. The minimum absolute atomic E-state index is 0.201. The van der Waals surface area contributed by atoms with Gasteiger partial charge in [-0.1, -0.05) is 53.4 Å². The van der Waals surface area contributed by atoms with Gasteiger partial charge < -0.3 is 13.9 Å². The van der Waals surface area contributed by atoms with E-state index in [4.69, 9.17) is 13.9 Å². The first-order valence-electron chi connectivity index (χ1n) is 10.9. The van der Waals surface area contributed by atoms with Gasteiger partial charge >= 0.3 is 5.97 Å². The molecule has 8 heteroatoms. The van der Waals surface area contributed by atoms with Crippen molar-refractivity contribution < 1.29 is 18.7 Å². The average Bonchev–Trinajstić information content (AvgIpc) is 3.38. The van der Waals surface area contributed by atoms with Crippen LogP contribution in [0.2, 0.25) is 0 Å². The molecule has 0 radical (unpaired) electrons. The van der Waals surface area contributed by atoms with Gasteiger partial charge in [0.1, 0.15) is 18.2 Å². The molecule has 166 valence electrons. The van der Waals surface area contributed by atoms with Crippen LogP contribution in [0.25, 0.3) is 23.2 Å². The number of carbonyl (C=O) groups is 1. The Bertz CT molecular complexity index is 1000. The summed E-state index contributed by atoms with van der Waals surface area (Å²) in [4.78, 5) is 19.9. The van der Waals surface area contributed by atoms with Gasteiger partial charge in [-0.3, -0.25) is 4.79 Å². The highest BCUT2D eigenvalue weighted by Crippen LogP contribution is 2.29. The van der Waals surface area contributed by atoms with E-state index >= 15 is 0 Å². The predicted molar refractivity (Wildman–Crippen MR) is 115 cm³/mol. The van der Waals surface area contributed by atoms with Gasteiger partial charge in [0.05, 0.1) is 17.8 Å². The molecule has 0 aliphatic heterocycles. The maximum Gasteiger partial charge on any atom is 0.309 e. The Morgan fingerprint density at radius 1 is 1.03 bits per heavy atom. The van der Waals surface area contributed by atoms with Crippen LogP contribution in [0.3, 0.4) is 0 Å². The molecular formula is C23H30N4O4. The van der Waals surface area contributed by atoms with Crippen molar-refractivity contribution in [1.29, 1.82) is 0 Å². The fraction of sp³-hybridized carbons (Fsp3) is 0.522. The summed E-state index contributed by atoms with van der Waals surface area (Å²) in [5, 5.41) is 17.7. The van der Waals surface area contributed by atoms with Crippen LogP contribution in [0.1, 0.15) is 76.2 Å². The Balaban J connectivity index is 2.00. The zero-order valence-corrected chi connectivity index (χ0v) is 18.6. The van der Waals surface area contributed by atoms with E-state index in [1.165, 1.54) is 6.26 Å². The van der Waals surface area contributed by atoms with Gasteiger partial charge in [-0.25, -0.2) is 9.97 Å². The largest absolute Gasteiger partial charge is 0.481 e. The number of hydrogen-bond acceptors (Lipinski definition) is 7. The second-order valence-corrected chi connectivity index (χ2v) is 8.20. The number of carboxylic acid groups (broad SMARTS) is 1. The molecule has 0 saturated carbocycles. The monoisotopic (exact) mass is 426 g/mol. The van der Waals surface area contributed by atoms with Crippen LogP contribution in [0.5, 0.6) is 0 Å². The molecule has 31 heavy (non-hydrogen) atoms. The number of rotatable bonds is 11. The van der Waals surface area contributed by atoms with E-state index in [0.717, 1.165) is 43.4 Å². The van der Waals surface area contributed by atoms with E-state index in [-0.39, 0.29) is 18.2 Å². The number of aliphatic carboxylic acids is 1. The van der Waals surface area contributed by atoms with Crippen LogP contribution in [-0.4, -0.2) is 31.2 Å². The Hall–Kier alpha value is -3.03. The van der Waals surface area contributed by atoms with Crippen molar-refractivity contribution in [1.82, 2.24) is 20.2 Å². The molecule has 3 aromatic heterocycles. The van der Waals surface area contributed by atoms with Gasteiger partial charge in [0.15, 0.2) is 5.69 Å². The molecule has 0 unspecified atom stereocenters. The summed E-state index contributed by atoms with van der Waals surface area (Å²) in [6, 6.07) is 1.94. The summed E-state index contributed by atoms with van der Waals surface area (Å²) in [5.74, 6) is 0.507. The summed E-state index contributed by atoms with van der Waals surface area (Å²) >= 11 is 0. The van der Waals surface area contributed by atoms with Crippen LogP contribution in [0, 0.1) is 5.92 Å². The maximum atomic E-state index is 11.0. The minimum atomic E-state index is -0.961. The van der Waals surface area contributed by atoms with Gasteiger partial charge in [0.2, 0.25) is 11.8 Å². The molecule has 3 aromatic rings. The average molecular weight is 427 g/mol. The van der Waals surface area contributed by atoms with Crippen LogP contribution in [0.4, 0.5) is 0 Å². The topological polar surface area (TPSA) is 115 Å². The van der Waals surface area contributed by atoms with E-state index in [0.29, 0.717) is 28.9 Å². The number of nitrogens with zero attached hydrogens (tertiary/aromatic N) is 4. The molecule has 1 N–H and O–H groups in total. The summed E-state index contributed by atoms with van der Waals surface area (Å²) in [5.41, 5.74) is 3.27. The zero-order valence-electron chi connectivity index (χ0n) is 18.6. The quantitative estimate of drug-likeness (QED) is 0.439. The van der Waals surface area contributed by atoms with Crippen molar-refractivity contribution >= 4 is 5.97 Å². The molecule has 3 heterocycles. The SMILES string of the molecule is CCCC(CCC)Cc1cc(-c2nc(C(C)C)co2)nnc1-c1nc(CC(=O)O)co1. The number of hydrogen-bond donors (Lipinski definition) is 1. The van der Waals surface area contributed by atoms with Crippen molar-refractivity contribution in [2.24, 2.45) is 5.92 Å². The molecule has 0 aromatic carbocycles. The van der Waals surface area contributed by atoms with Gasteiger partial charge in [0.25, 0.3) is 0 Å². The molecular weight excluding hydrogens is 396 g/mol. The van der Waals surface area contributed by atoms with Crippen LogP contribution < -0.4 is 0 Å². The van der Waals surface area contributed by atoms with Crippen molar-refractivity contribution in [2.45, 2.75) is 72.1 Å². The fourth-order valence-electron chi connectivity index (χ4n) is 3.67. The molecule has 0 aliphatic carbocycles. The van der Waals surface area contributed by atoms with Crippen molar-refractivity contribution in [3.63, 3.8) is 0 Å². The summed E-state index contributed by atoms with van der Waals surface area (Å²) in [6.07, 6.45) is 8.03. The van der Waals surface area contributed by atoms with Crippen LogP contribution >= 0.6 is 0 Å². The summed E-state index contributed by atoms with van der Waals surface area (Å²) in [6.45, 7) is 8.48. The molecule has 0 aliphatic rings. The smallest absolute Gasteiger partial charge is 0.309 e. The Morgan fingerprint density at radius 2 is 1.74 bits per heavy atom. The highest BCUT2D eigenvalue weighted by Gasteiger charge is 2.21. The highest BCUT2D eigenvalue weighted by molar-refractivity contribution is 5.69.